The molecule has 0 saturated carbocycles. The molecule has 0 saturated heterocycles. The topological polar surface area (TPSA) is 80.6 Å². The van der Waals surface area contributed by atoms with Gasteiger partial charge in [0.25, 0.3) is 11.8 Å². The molecule has 0 bridgehead atoms. The molecule has 6 heteroatoms. The van der Waals surface area contributed by atoms with E-state index in [4.69, 9.17) is 9.15 Å². The van der Waals surface area contributed by atoms with Crippen molar-refractivity contribution in [2.45, 2.75) is 20.5 Å². The summed E-state index contributed by atoms with van der Waals surface area (Å²) in [6.07, 6.45) is 0. The number of ether oxygens (including phenoxy) is 1. The number of nitrogens with one attached hydrogen (secondary N) is 2. The molecule has 0 unspecified atom stereocenters. The van der Waals surface area contributed by atoms with Crippen molar-refractivity contribution in [3.8, 4) is 5.75 Å². The van der Waals surface area contributed by atoms with E-state index < -0.39 is 11.8 Å². The Balaban J connectivity index is 1.53. The van der Waals surface area contributed by atoms with Crippen LogP contribution in [0.4, 0.5) is 0 Å². The lowest BCUT2D eigenvalue weighted by Gasteiger charge is -2.08. The van der Waals surface area contributed by atoms with Crippen LogP contribution in [-0.4, -0.2) is 11.8 Å². The van der Waals surface area contributed by atoms with Gasteiger partial charge in [-0.1, -0.05) is 30.3 Å². The van der Waals surface area contributed by atoms with E-state index in [0.717, 1.165) is 11.3 Å². The summed E-state index contributed by atoms with van der Waals surface area (Å²) in [6.45, 7) is 3.85. The smallest absolute Gasteiger partial charge is 0.273 e. The van der Waals surface area contributed by atoms with Gasteiger partial charge in [0.2, 0.25) is 0 Å². The largest absolute Gasteiger partial charge is 0.489 e. The number of carbonyl (C=O) groups excluding carboxylic acids is 2. The van der Waals surface area contributed by atoms with Gasteiger partial charge >= 0.3 is 0 Å². The van der Waals surface area contributed by atoms with Crippen LogP contribution >= 0.6 is 0 Å². The number of hydrogen-bond acceptors (Lipinski definition) is 4. The van der Waals surface area contributed by atoms with Crippen LogP contribution < -0.4 is 15.6 Å². The molecular weight excluding hydrogens is 344 g/mol. The van der Waals surface area contributed by atoms with E-state index in [1.807, 2.05) is 42.5 Å². The Bertz CT molecular complexity index is 931. The maximum atomic E-state index is 12.2. The molecule has 2 aromatic carbocycles. The Labute approximate surface area is 157 Å². The lowest BCUT2D eigenvalue weighted by Crippen LogP contribution is -2.41. The molecule has 1 aromatic heterocycles. The average molecular weight is 364 g/mol. The van der Waals surface area contributed by atoms with Crippen LogP contribution in [0.5, 0.6) is 5.75 Å². The summed E-state index contributed by atoms with van der Waals surface area (Å²) in [7, 11) is 0. The summed E-state index contributed by atoms with van der Waals surface area (Å²) in [5.74, 6) is 1.09. The summed E-state index contributed by atoms with van der Waals surface area (Å²) < 4.78 is 11.0. The highest BCUT2D eigenvalue weighted by atomic mass is 16.5. The van der Waals surface area contributed by atoms with Gasteiger partial charge in [-0.05, 0) is 49.7 Å². The third-order valence-corrected chi connectivity index (χ3v) is 3.94. The van der Waals surface area contributed by atoms with Crippen LogP contribution in [0.1, 0.15) is 37.8 Å². The second-order valence-corrected chi connectivity index (χ2v) is 6.03. The number of carbonyl (C=O) groups is 2. The lowest BCUT2D eigenvalue weighted by atomic mass is 10.1. The number of hydrazine groups is 1. The van der Waals surface area contributed by atoms with Crippen LogP contribution in [0.3, 0.4) is 0 Å². The molecular formula is C21H20N2O4. The summed E-state index contributed by atoms with van der Waals surface area (Å²) in [5.41, 5.74) is 6.54. The predicted octanol–water partition coefficient (Wildman–Crippen LogP) is 3.55. The SMILES string of the molecule is Cc1cc(C(=O)NNC(=O)c2ccc(COc3ccccc3)cc2)c(C)o1. The van der Waals surface area contributed by atoms with Gasteiger partial charge in [-0.3, -0.25) is 20.4 Å². The van der Waals surface area contributed by atoms with Gasteiger partial charge in [0.1, 0.15) is 23.9 Å². The molecule has 0 aliphatic heterocycles. The molecule has 3 rings (SSSR count). The molecule has 0 radical (unpaired) electrons. The summed E-state index contributed by atoms with van der Waals surface area (Å²) in [6, 6.07) is 18.1. The number of para-hydroxylation sites is 1. The number of benzene rings is 2. The molecule has 0 spiro atoms. The Morgan fingerprint density at radius 1 is 0.926 bits per heavy atom. The molecule has 138 valence electrons. The quantitative estimate of drug-likeness (QED) is 0.679. The zero-order valence-corrected chi connectivity index (χ0v) is 15.1. The van der Waals surface area contributed by atoms with Crippen molar-refractivity contribution < 1.29 is 18.7 Å². The monoisotopic (exact) mass is 364 g/mol. The van der Waals surface area contributed by atoms with Crippen molar-refractivity contribution in [3.63, 3.8) is 0 Å². The van der Waals surface area contributed by atoms with Gasteiger partial charge in [0, 0.05) is 5.56 Å². The van der Waals surface area contributed by atoms with Gasteiger partial charge in [-0.2, -0.15) is 0 Å². The van der Waals surface area contributed by atoms with E-state index in [9.17, 15) is 9.59 Å². The van der Waals surface area contributed by atoms with Crippen LogP contribution in [-0.2, 0) is 6.61 Å². The lowest BCUT2D eigenvalue weighted by molar-refractivity contribution is 0.0845. The molecule has 2 N–H and O–H groups in total. The fourth-order valence-electron chi connectivity index (χ4n) is 2.55. The minimum absolute atomic E-state index is 0.390. The first kappa shape index (κ1) is 18.3. The zero-order valence-electron chi connectivity index (χ0n) is 15.1. The van der Waals surface area contributed by atoms with Gasteiger partial charge < -0.3 is 9.15 Å². The van der Waals surface area contributed by atoms with Crippen molar-refractivity contribution in [2.75, 3.05) is 0 Å². The van der Waals surface area contributed by atoms with Gasteiger partial charge in [-0.15, -0.1) is 0 Å². The fourth-order valence-corrected chi connectivity index (χ4v) is 2.55. The maximum Gasteiger partial charge on any atom is 0.273 e. The highest BCUT2D eigenvalue weighted by Gasteiger charge is 2.14. The first-order chi connectivity index (χ1) is 13.0. The number of furan rings is 1. The van der Waals surface area contributed by atoms with E-state index in [1.165, 1.54) is 0 Å². The van der Waals surface area contributed by atoms with E-state index in [2.05, 4.69) is 10.9 Å². The highest BCUT2D eigenvalue weighted by Crippen LogP contribution is 2.14. The van der Waals surface area contributed by atoms with E-state index in [1.54, 1.807) is 32.0 Å². The van der Waals surface area contributed by atoms with Gasteiger partial charge in [-0.25, -0.2) is 0 Å². The standard InChI is InChI=1S/C21H20N2O4/c1-14-12-19(15(2)27-14)21(25)23-22-20(24)17-10-8-16(9-11-17)13-26-18-6-4-3-5-7-18/h3-12H,13H2,1-2H3,(H,22,24)(H,23,25). The first-order valence-corrected chi connectivity index (χ1v) is 8.47. The van der Waals surface area contributed by atoms with Crippen molar-refractivity contribution in [3.05, 3.63) is 88.9 Å². The average Bonchev–Trinajstić information content (AvgIpc) is 3.03. The Kier molecular flexibility index (Phi) is 5.56. The minimum atomic E-state index is -0.425. The Morgan fingerprint density at radius 3 is 2.22 bits per heavy atom. The summed E-state index contributed by atoms with van der Waals surface area (Å²) in [4.78, 5) is 24.3. The minimum Gasteiger partial charge on any atom is -0.489 e. The second-order valence-electron chi connectivity index (χ2n) is 6.03. The molecule has 0 fully saturated rings. The molecule has 1 heterocycles. The van der Waals surface area contributed by atoms with Gasteiger partial charge in [0.15, 0.2) is 0 Å². The molecule has 6 nitrogen and oxygen atoms in total. The zero-order chi connectivity index (χ0) is 19.2. The first-order valence-electron chi connectivity index (χ1n) is 8.47. The normalized spacial score (nSPS) is 10.3. The summed E-state index contributed by atoms with van der Waals surface area (Å²) >= 11 is 0. The maximum absolute atomic E-state index is 12.2. The molecule has 2 amide bonds. The van der Waals surface area contributed by atoms with Crippen LogP contribution in [0, 0.1) is 13.8 Å². The molecule has 0 aliphatic carbocycles. The number of hydrogen-bond donors (Lipinski definition) is 2. The third kappa shape index (κ3) is 4.76. The number of rotatable bonds is 5. The fraction of sp³-hybridized carbons (Fsp3) is 0.143. The molecule has 3 aromatic rings. The Morgan fingerprint density at radius 2 is 1.59 bits per heavy atom. The van der Waals surface area contributed by atoms with Crippen LogP contribution in [0.25, 0.3) is 0 Å². The Hall–Kier alpha value is -3.54. The summed E-state index contributed by atoms with van der Waals surface area (Å²) in [5, 5.41) is 0. The van der Waals surface area contributed by atoms with Crippen molar-refractivity contribution in [1.29, 1.82) is 0 Å². The van der Waals surface area contributed by atoms with Crippen molar-refractivity contribution in [2.24, 2.45) is 0 Å². The van der Waals surface area contributed by atoms with Crippen LogP contribution in [0.2, 0.25) is 0 Å². The number of amides is 2. The molecule has 0 aliphatic rings. The van der Waals surface area contributed by atoms with Crippen molar-refractivity contribution in [1.82, 2.24) is 10.9 Å². The molecule has 27 heavy (non-hydrogen) atoms. The molecule has 0 atom stereocenters. The van der Waals surface area contributed by atoms with E-state index in [0.29, 0.717) is 29.3 Å². The third-order valence-electron chi connectivity index (χ3n) is 3.94. The van der Waals surface area contributed by atoms with E-state index >= 15 is 0 Å². The van der Waals surface area contributed by atoms with Crippen LogP contribution in [0.15, 0.2) is 65.1 Å². The second kappa shape index (κ2) is 8.23. The van der Waals surface area contributed by atoms with Gasteiger partial charge in [0.05, 0.1) is 5.56 Å². The number of aryl methyl sites for hydroxylation is 2. The highest BCUT2D eigenvalue weighted by molar-refractivity contribution is 5.99. The van der Waals surface area contributed by atoms with Crippen molar-refractivity contribution >= 4 is 11.8 Å². The predicted molar refractivity (Wildman–Crippen MR) is 100 cm³/mol. The van der Waals surface area contributed by atoms with E-state index in [-0.39, 0.29) is 0 Å².